The summed E-state index contributed by atoms with van der Waals surface area (Å²) in [5.41, 5.74) is 0.493. The molecule has 3 amide bonds. The highest BCUT2D eigenvalue weighted by Crippen LogP contribution is 2.27. The number of benzene rings is 1. The van der Waals surface area contributed by atoms with Gasteiger partial charge in [0, 0.05) is 15.6 Å². The van der Waals surface area contributed by atoms with Crippen LogP contribution in [0.5, 0.6) is 0 Å². The van der Waals surface area contributed by atoms with E-state index in [9.17, 15) is 9.59 Å². The standard InChI is InChI=1S/C9H6Cl2N2O2/c10-4-1-2-6(11)5(3-4)7-8(14)13-9(15)12-7/h1-3,7H,(H2,12,13,14,15). The lowest BCUT2D eigenvalue weighted by atomic mass is 10.1. The van der Waals surface area contributed by atoms with E-state index in [1.165, 1.54) is 0 Å². The van der Waals surface area contributed by atoms with Crippen molar-refractivity contribution < 1.29 is 9.59 Å². The van der Waals surface area contributed by atoms with Gasteiger partial charge in [-0.1, -0.05) is 23.2 Å². The predicted molar refractivity (Wildman–Crippen MR) is 55.9 cm³/mol. The summed E-state index contributed by atoms with van der Waals surface area (Å²) in [5, 5.41) is 5.42. The molecule has 4 nitrogen and oxygen atoms in total. The lowest BCUT2D eigenvalue weighted by Crippen LogP contribution is -2.22. The molecule has 78 valence electrons. The van der Waals surface area contributed by atoms with Crippen LogP contribution in [0.1, 0.15) is 11.6 Å². The third-order valence-electron chi connectivity index (χ3n) is 2.04. The molecule has 1 heterocycles. The van der Waals surface area contributed by atoms with Crippen molar-refractivity contribution >= 4 is 35.1 Å². The van der Waals surface area contributed by atoms with Gasteiger partial charge in [0.1, 0.15) is 6.04 Å². The molecule has 1 fully saturated rings. The number of urea groups is 1. The molecule has 1 aliphatic heterocycles. The van der Waals surface area contributed by atoms with Crippen molar-refractivity contribution in [3.8, 4) is 0 Å². The predicted octanol–water partition coefficient (Wildman–Crippen LogP) is 1.87. The lowest BCUT2D eigenvalue weighted by Gasteiger charge is -2.09. The topological polar surface area (TPSA) is 58.2 Å². The van der Waals surface area contributed by atoms with Crippen LogP contribution in [0.3, 0.4) is 0 Å². The molecule has 1 saturated heterocycles. The molecule has 0 bridgehead atoms. The quantitative estimate of drug-likeness (QED) is 0.742. The molecule has 0 spiro atoms. The fourth-order valence-corrected chi connectivity index (χ4v) is 1.78. The van der Waals surface area contributed by atoms with Crippen molar-refractivity contribution in [2.75, 3.05) is 0 Å². The molecule has 1 unspecified atom stereocenters. The van der Waals surface area contributed by atoms with Gasteiger partial charge in [-0.2, -0.15) is 0 Å². The van der Waals surface area contributed by atoms with Crippen LogP contribution in [0.25, 0.3) is 0 Å². The second-order valence-electron chi connectivity index (χ2n) is 3.06. The molecular formula is C9H6Cl2N2O2. The van der Waals surface area contributed by atoms with Crippen LogP contribution >= 0.6 is 23.2 Å². The van der Waals surface area contributed by atoms with E-state index in [1.807, 2.05) is 0 Å². The first-order valence-corrected chi connectivity index (χ1v) is 4.90. The summed E-state index contributed by atoms with van der Waals surface area (Å²) in [6.07, 6.45) is 0. The fourth-order valence-electron chi connectivity index (χ4n) is 1.37. The van der Waals surface area contributed by atoms with Crippen LogP contribution in [0.2, 0.25) is 10.0 Å². The van der Waals surface area contributed by atoms with Crippen molar-refractivity contribution in [3.63, 3.8) is 0 Å². The van der Waals surface area contributed by atoms with Crippen molar-refractivity contribution in [2.24, 2.45) is 0 Å². The van der Waals surface area contributed by atoms with Gasteiger partial charge in [0.25, 0.3) is 5.91 Å². The normalized spacial score (nSPS) is 20.0. The number of rotatable bonds is 1. The zero-order chi connectivity index (χ0) is 11.0. The fraction of sp³-hybridized carbons (Fsp3) is 0.111. The largest absolute Gasteiger partial charge is 0.322 e. The summed E-state index contributed by atoms with van der Waals surface area (Å²) in [4.78, 5) is 22.3. The Morgan fingerprint density at radius 3 is 2.53 bits per heavy atom. The first kappa shape index (κ1) is 10.3. The van der Waals surface area contributed by atoms with E-state index in [0.717, 1.165) is 0 Å². The molecule has 2 N–H and O–H groups in total. The van der Waals surface area contributed by atoms with E-state index < -0.39 is 18.0 Å². The van der Waals surface area contributed by atoms with Gasteiger partial charge in [0.15, 0.2) is 0 Å². The number of hydrogen-bond donors (Lipinski definition) is 2. The smallest absolute Gasteiger partial charge is 0.322 e. The first-order valence-electron chi connectivity index (χ1n) is 4.14. The number of nitrogens with one attached hydrogen (secondary N) is 2. The summed E-state index contributed by atoms with van der Waals surface area (Å²) in [6, 6.07) is 3.46. The van der Waals surface area contributed by atoms with E-state index in [0.29, 0.717) is 15.6 Å². The van der Waals surface area contributed by atoms with E-state index in [2.05, 4.69) is 10.6 Å². The summed E-state index contributed by atoms with van der Waals surface area (Å²) in [7, 11) is 0. The van der Waals surface area contributed by atoms with Gasteiger partial charge in [-0.15, -0.1) is 0 Å². The maximum Gasteiger partial charge on any atom is 0.322 e. The summed E-state index contributed by atoms with van der Waals surface area (Å²) < 4.78 is 0. The molecule has 1 aromatic rings. The number of amides is 3. The number of hydrogen-bond acceptors (Lipinski definition) is 2. The minimum absolute atomic E-state index is 0.391. The summed E-state index contributed by atoms with van der Waals surface area (Å²) in [5.74, 6) is -0.427. The summed E-state index contributed by atoms with van der Waals surface area (Å²) >= 11 is 11.7. The van der Waals surface area contributed by atoms with Crippen LogP contribution < -0.4 is 10.6 Å². The number of carbonyl (C=O) groups is 2. The molecule has 0 radical (unpaired) electrons. The van der Waals surface area contributed by atoms with Crippen LogP contribution in [0, 0.1) is 0 Å². The number of halogens is 2. The Hall–Kier alpha value is -1.26. The molecule has 15 heavy (non-hydrogen) atoms. The average molecular weight is 245 g/mol. The molecule has 0 aromatic heterocycles. The van der Waals surface area contributed by atoms with Gasteiger partial charge in [-0.25, -0.2) is 4.79 Å². The van der Waals surface area contributed by atoms with E-state index >= 15 is 0 Å². The van der Waals surface area contributed by atoms with E-state index in [-0.39, 0.29) is 0 Å². The molecule has 0 saturated carbocycles. The van der Waals surface area contributed by atoms with Gasteiger partial charge < -0.3 is 5.32 Å². The lowest BCUT2D eigenvalue weighted by molar-refractivity contribution is -0.120. The van der Waals surface area contributed by atoms with E-state index in [4.69, 9.17) is 23.2 Å². The van der Waals surface area contributed by atoms with Gasteiger partial charge in [-0.3, -0.25) is 10.1 Å². The molecule has 2 rings (SSSR count). The van der Waals surface area contributed by atoms with Crippen molar-refractivity contribution in [2.45, 2.75) is 6.04 Å². The molecule has 6 heteroatoms. The molecule has 1 aromatic carbocycles. The van der Waals surface area contributed by atoms with Crippen LogP contribution in [0.15, 0.2) is 18.2 Å². The Balaban J connectivity index is 2.41. The molecule has 1 aliphatic rings. The average Bonchev–Trinajstić information content (AvgIpc) is 2.50. The third kappa shape index (κ3) is 1.91. The van der Waals surface area contributed by atoms with Gasteiger partial charge in [-0.05, 0) is 18.2 Å². The number of carbonyl (C=O) groups excluding carboxylic acids is 2. The molecular weight excluding hydrogens is 239 g/mol. The maximum absolute atomic E-state index is 11.4. The van der Waals surface area contributed by atoms with Gasteiger partial charge >= 0.3 is 6.03 Å². The zero-order valence-electron chi connectivity index (χ0n) is 7.38. The zero-order valence-corrected chi connectivity index (χ0v) is 8.89. The first-order chi connectivity index (χ1) is 7.08. The Bertz CT molecular complexity index is 448. The second-order valence-corrected chi connectivity index (χ2v) is 3.91. The Morgan fingerprint density at radius 1 is 1.20 bits per heavy atom. The highest BCUT2D eigenvalue weighted by molar-refractivity contribution is 6.34. The second kappa shape index (κ2) is 3.72. The third-order valence-corrected chi connectivity index (χ3v) is 2.62. The highest BCUT2D eigenvalue weighted by atomic mass is 35.5. The SMILES string of the molecule is O=C1NC(=O)C(c2cc(Cl)ccc2Cl)N1. The minimum atomic E-state index is -0.760. The van der Waals surface area contributed by atoms with Crippen LogP contribution in [-0.4, -0.2) is 11.9 Å². The van der Waals surface area contributed by atoms with Gasteiger partial charge in [0.05, 0.1) is 0 Å². The van der Waals surface area contributed by atoms with Gasteiger partial charge in [0.2, 0.25) is 0 Å². The Morgan fingerprint density at radius 2 is 1.93 bits per heavy atom. The molecule has 0 aliphatic carbocycles. The highest BCUT2D eigenvalue weighted by Gasteiger charge is 2.32. The van der Waals surface area contributed by atoms with Crippen molar-refractivity contribution in [3.05, 3.63) is 33.8 Å². The summed E-state index contributed by atoms with van der Waals surface area (Å²) in [6.45, 7) is 0. The van der Waals surface area contributed by atoms with Crippen LogP contribution in [0.4, 0.5) is 4.79 Å². The number of imide groups is 1. The Kier molecular flexibility index (Phi) is 2.54. The van der Waals surface area contributed by atoms with Crippen molar-refractivity contribution in [1.29, 1.82) is 0 Å². The van der Waals surface area contributed by atoms with Crippen molar-refractivity contribution in [1.82, 2.24) is 10.6 Å². The molecule has 1 atom stereocenters. The van der Waals surface area contributed by atoms with E-state index in [1.54, 1.807) is 18.2 Å². The maximum atomic E-state index is 11.4. The monoisotopic (exact) mass is 244 g/mol. The minimum Gasteiger partial charge on any atom is -0.322 e. The van der Waals surface area contributed by atoms with Crippen LogP contribution in [-0.2, 0) is 4.79 Å². The Labute approximate surface area is 95.5 Å².